The van der Waals surface area contributed by atoms with Crippen molar-refractivity contribution in [1.82, 2.24) is 5.32 Å². The molecule has 0 radical (unpaired) electrons. The SMILES string of the molecule is CCNCCCC(OC)OC. The fourth-order valence-electron chi connectivity index (χ4n) is 0.902. The number of methoxy groups -OCH3 is 2. The van der Waals surface area contributed by atoms with Gasteiger partial charge in [0, 0.05) is 14.2 Å². The average Bonchev–Trinajstić information content (AvgIpc) is 2.05. The highest BCUT2D eigenvalue weighted by atomic mass is 16.7. The summed E-state index contributed by atoms with van der Waals surface area (Å²) in [7, 11) is 3.34. The van der Waals surface area contributed by atoms with Gasteiger partial charge >= 0.3 is 0 Å². The zero-order valence-electron chi connectivity index (χ0n) is 7.72. The van der Waals surface area contributed by atoms with Gasteiger partial charge in [-0.1, -0.05) is 6.92 Å². The van der Waals surface area contributed by atoms with Gasteiger partial charge in [0.2, 0.25) is 0 Å². The summed E-state index contributed by atoms with van der Waals surface area (Å²) in [6.07, 6.45) is 2.02. The Labute approximate surface area is 69.1 Å². The second kappa shape index (κ2) is 7.98. The molecule has 0 aromatic carbocycles. The molecule has 0 saturated heterocycles. The first kappa shape index (κ1) is 10.9. The Kier molecular flexibility index (Phi) is 7.89. The van der Waals surface area contributed by atoms with E-state index in [-0.39, 0.29) is 6.29 Å². The quantitative estimate of drug-likeness (QED) is 0.446. The summed E-state index contributed by atoms with van der Waals surface area (Å²) in [6, 6.07) is 0. The molecular weight excluding hydrogens is 142 g/mol. The van der Waals surface area contributed by atoms with E-state index in [1.54, 1.807) is 14.2 Å². The van der Waals surface area contributed by atoms with Gasteiger partial charge in [0.1, 0.15) is 0 Å². The maximum absolute atomic E-state index is 5.03. The van der Waals surface area contributed by atoms with Gasteiger partial charge in [0.05, 0.1) is 0 Å². The van der Waals surface area contributed by atoms with Crippen LogP contribution in [0.1, 0.15) is 19.8 Å². The molecule has 0 rings (SSSR count). The van der Waals surface area contributed by atoms with Crippen LogP contribution in [0.25, 0.3) is 0 Å². The van der Waals surface area contributed by atoms with Crippen LogP contribution in [-0.4, -0.2) is 33.6 Å². The van der Waals surface area contributed by atoms with Crippen molar-refractivity contribution in [3.05, 3.63) is 0 Å². The topological polar surface area (TPSA) is 30.5 Å². The number of ether oxygens (including phenoxy) is 2. The maximum atomic E-state index is 5.03. The van der Waals surface area contributed by atoms with Crippen LogP contribution < -0.4 is 5.32 Å². The Balaban J connectivity index is 3.07. The molecule has 68 valence electrons. The maximum Gasteiger partial charge on any atom is 0.156 e. The van der Waals surface area contributed by atoms with Crippen LogP contribution in [0, 0.1) is 0 Å². The van der Waals surface area contributed by atoms with Gasteiger partial charge in [0.25, 0.3) is 0 Å². The average molecular weight is 161 g/mol. The van der Waals surface area contributed by atoms with E-state index < -0.39 is 0 Å². The van der Waals surface area contributed by atoms with Crippen molar-refractivity contribution in [2.24, 2.45) is 0 Å². The van der Waals surface area contributed by atoms with E-state index in [0.717, 1.165) is 25.9 Å². The van der Waals surface area contributed by atoms with Crippen molar-refractivity contribution < 1.29 is 9.47 Å². The minimum absolute atomic E-state index is 0.0337. The summed E-state index contributed by atoms with van der Waals surface area (Å²) in [6.45, 7) is 4.18. The molecule has 3 nitrogen and oxygen atoms in total. The number of rotatable bonds is 7. The molecule has 0 aliphatic rings. The Hall–Kier alpha value is -0.120. The van der Waals surface area contributed by atoms with Crippen LogP contribution in [0.5, 0.6) is 0 Å². The molecule has 1 N–H and O–H groups in total. The summed E-state index contributed by atoms with van der Waals surface area (Å²) >= 11 is 0. The van der Waals surface area contributed by atoms with E-state index in [2.05, 4.69) is 12.2 Å². The van der Waals surface area contributed by atoms with Gasteiger partial charge in [-0.05, 0) is 25.9 Å². The van der Waals surface area contributed by atoms with E-state index in [4.69, 9.17) is 9.47 Å². The zero-order valence-corrected chi connectivity index (χ0v) is 7.72. The van der Waals surface area contributed by atoms with Crippen molar-refractivity contribution in [3.8, 4) is 0 Å². The van der Waals surface area contributed by atoms with Gasteiger partial charge in [-0.25, -0.2) is 0 Å². The van der Waals surface area contributed by atoms with Crippen LogP contribution in [0.4, 0.5) is 0 Å². The second-order valence-electron chi connectivity index (χ2n) is 2.40. The minimum atomic E-state index is -0.0337. The lowest BCUT2D eigenvalue weighted by Crippen LogP contribution is -2.18. The van der Waals surface area contributed by atoms with Crippen LogP contribution in [0.15, 0.2) is 0 Å². The Morgan fingerprint density at radius 2 is 1.91 bits per heavy atom. The third-order valence-electron chi connectivity index (χ3n) is 1.57. The van der Waals surface area contributed by atoms with E-state index in [1.165, 1.54) is 0 Å². The molecule has 0 bridgehead atoms. The number of nitrogens with one attached hydrogen (secondary N) is 1. The zero-order chi connectivity index (χ0) is 8.53. The molecule has 0 aromatic rings. The fraction of sp³-hybridized carbons (Fsp3) is 1.00. The summed E-state index contributed by atoms with van der Waals surface area (Å²) in [5, 5.41) is 3.24. The highest BCUT2D eigenvalue weighted by molar-refractivity contribution is 4.48. The van der Waals surface area contributed by atoms with Gasteiger partial charge in [0.15, 0.2) is 6.29 Å². The van der Waals surface area contributed by atoms with Gasteiger partial charge < -0.3 is 14.8 Å². The monoisotopic (exact) mass is 161 g/mol. The highest BCUT2D eigenvalue weighted by Crippen LogP contribution is 2.00. The first-order valence-corrected chi connectivity index (χ1v) is 4.11. The number of hydrogen-bond acceptors (Lipinski definition) is 3. The molecule has 0 aromatic heterocycles. The molecule has 0 fully saturated rings. The van der Waals surface area contributed by atoms with E-state index in [9.17, 15) is 0 Å². The third-order valence-corrected chi connectivity index (χ3v) is 1.57. The van der Waals surface area contributed by atoms with E-state index in [0.29, 0.717) is 0 Å². The summed E-state index contributed by atoms with van der Waals surface area (Å²) < 4.78 is 10.1. The second-order valence-corrected chi connectivity index (χ2v) is 2.40. The summed E-state index contributed by atoms with van der Waals surface area (Å²) in [5.41, 5.74) is 0. The summed E-state index contributed by atoms with van der Waals surface area (Å²) in [5.74, 6) is 0. The molecule has 3 heteroatoms. The molecule has 0 saturated carbocycles. The van der Waals surface area contributed by atoms with Gasteiger partial charge in [-0.2, -0.15) is 0 Å². The predicted octanol–water partition coefficient (Wildman–Crippen LogP) is 0.995. The molecule has 11 heavy (non-hydrogen) atoms. The molecule has 0 amide bonds. The molecule has 0 atom stereocenters. The highest BCUT2D eigenvalue weighted by Gasteiger charge is 2.02. The van der Waals surface area contributed by atoms with Crippen LogP contribution in [0.2, 0.25) is 0 Å². The Morgan fingerprint density at radius 3 is 2.36 bits per heavy atom. The van der Waals surface area contributed by atoms with Crippen LogP contribution in [0.3, 0.4) is 0 Å². The molecule has 0 aliphatic heterocycles. The van der Waals surface area contributed by atoms with Crippen molar-refractivity contribution >= 4 is 0 Å². The standard InChI is InChI=1S/C8H19NO2/c1-4-9-7-5-6-8(10-2)11-3/h8-9H,4-7H2,1-3H3. The molecule has 0 unspecified atom stereocenters. The Morgan fingerprint density at radius 1 is 1.27 bits per heavy atom. The molecule has 0 spiro atoms. The Bertz CT molecular complexity index is 74.5. The molecule has 0 aliphatic carbocycles. The van der Waals surface area contributed by atoms with E-state index in [1.807, 2.05) is 0 Å². The molecule has 0 heterocycles. The summed E-state index contributed by atoms with van der Waals surface area (Å²) in [4.78, 5) is 0. The predicted molar refractivity (Wildman–Crippen MR) is 45.6 cm³/mol. The first-order valence-electron chi connectivity index (χ1n) is 4.11. The van der Waals surface area contributed by atoms with Crippen molar-refractivity contribution in [2.75, 3.05) is 27.3 Å². The lowest BCUT2D eigenvalue weighted by Gasteiger charge is -2.12. The third kappa shape index (κ3) is 6.28. The largest absolute Gasteiger partial charge is 0.356 e. The van der Waals surface area contributed by atoms with Gasteiger partial charge in [-0.15, -0.1) is 0 Å². The first-order chi connectivity index (χ1) is 5.35. The smallest absolute Gasteiger partial charge is 0.156 e. The van der Waals surface area contributed by atoms with Crippen molar-refractivity contribution in [1.29, 1.82) is 0 Å². The van der Waals surface area contributed by atoms with E-state index >= 15 is 0 Å². The fourth-order valence-corrected chi connectivity index (χ4v) is 0.902. The van der Waals surface area contributed by atoms with Crippen LogP contribution >= 0.6 is 0 Å². The van der Waals surface area contributed by atoms with Crippen molar-refractivity contribution in [2.45, 2.75) is 26.1 Å². The number of hydrogen-bond donors (Lipinski definition) is 1. The lowest BCUT2D eigenvalue weighted by molar-refractivity contribution is -0.106. The minimum Gasteiger partial charge on any atom is -0.356 e. The van der Waals surface area contributed by atoms with Crippen molar-refractivity contribution in [3.63, 3.8) is 0 Å². The van der Waals surface area contributed by atoms with Crippen LogP contribution in [-0.2, 0) is 9.47 Å². The normalized spacial score (nSPS) is 10.9. The lowest BCUT2D eigenvalue weighted by atomic mass is 10.3. The van der Waals surface area contributed by atoms with Gasteiger partial charge in [-0.3, -0.25) is 0 Å². The molecular formula is C8H19NO2.